The molecule has 7 nitrogen and oxygen atoms in total. The van der Waals surface area contributed by atoms with Gasteiger partial charge in [0.15, 0.2) is 0 Å². The molecule has 2 N–H and O–H groups in total. The van der Waals surface area contributed by atoms with Crippen molar-refractivity contribution in [1.29, 1.82) is 0 Å². The lowest BCUT2D eigenvalue weighted by atomic mass is 10.1. The number of anilines is 1. The van der Waals surface area contributed by atoms with Crippen molar-refractivity contribution in [3.8, 4) is 11.5 Å². The van der Waals surface area contributed by atoms with Crippen LogP contribution in [0.2, 0.25) is 0 Å². The highest BCUT2D eigenvalue weighted by Crippen LogP contribution is 2.37. The summed E-state index contributed by atoms with van der Waals surface area (Å²) in [5.74, 6) is -1.57. The maximum atomic E-state index is 13.8. The molecule has 0 atom stereocenters. The van der Waals surface area contributed by atoms with E-state index in [4.69, 9.17) is 9.47 Å². The van der Waals surface area contributed by atoms with E-state index < -0.39 is 17.6 Å². The highest BCUT2D eigenvalue weighted by molar-refractivity contribution is 9.11. The Hall–Kier alpha value is -2.28. The van der Waals surface area contributed by atoms with Gasteiger partial charge in [0.25, 0.3) is 0 Å². The second-order valence-corrected chi connectivity index (χ2v) is 10.4. The standard InChI is InChI=1S/C23H16Br4FN3O4/c1-34-20-5-2-12(6-13(20)11-35-21-16(26)7-15(25)8-17(21)27)10-29-31-23(33)22(32)30-19-4-3-14(24)9-18(19)28/h2-10H,11H2,1H3,(H,30,32)(H,31,33)/b29-10+. The molecule has 0 saturated carbocycles. The number of methoxy groups -OCH3 is 1. The zero-order valence-electron chi connectivity index (χ0n) is 17.9. The summed E-state index contributed by atoms with van der Waals surface area (Å²) in [7, 11) is 1.55. The molecule has 0 saturated heterocycles. The highest BCUT2D eigenvalue weighted by Gasteiger charge is 2.15. The lowest BCUT2D eigenvalue weighted by Gasteiger charge is -2.13. The molecule has 0 fully saturated rings. The van der Waals surface area contributed by atoms with Crippen molar-refractivity contribution in [3.63, 3.8) is 0 Å². The topological polar surface area (TPSA) is 89.0 Å². The van der Waals surface area contributed by atoms with Gasteiger partial charge in [0.05, 0.1) is 28.0 Å². The normalized spacial score (nSPS) is 10.8. The van der Waals surface area contributed by atoms with Crippen molar-refractivity contribution in [2.75, 3.05) is 12.4 Å². The first-order chi connectivity index (χ1) is 16.7. The number of ether oxygens (including phenoxy) is 2. The first-order valence-electron chi connectivity index (χ1n) is 9.71. The van der Waals surface area contributed by atoms with Crippen LogP contribution in [0.25, 0.3) is 0 Å². The molecule has 3 aromatic carbocycles. The fraction of sp³-hybridized carbons (Fsp3) is 0.0870. The van der Waals surface area contributed by atoms with Gasteiger partial charge in [-0.25, -0.2) is 9.82 Å². The molecule has 0 unspecified atom stereocenters. The Morgan fingerprint density at radius 2 is 1.69 bits per heavy atom. The Kier molecular flexibility index (Phi) is 9.84. The maximum absolute atomic E-state index is 13.8. The van der Waals surface area contributed by atoms with E-state index in [2.05, 4.69) is 79.6 Å². The largest absolute Gasteiger partial charge is 0.496 e. The zero-order valence-corrected chi connectivity index (χ0v) is 24.2. The van der Waals surface area contributed by atoms with Gasteiger partial charge in [-0.05, 0) is 86.0 Å². The fourth-order valence-corrected chi connectivity index (χ4v) is 5.62. The molecule has 0 heterocycles. The van der Waals surface area contributed by atoms with Gasteiger partial charge >= 0.3 is 11.8 Å². The van der Waals surface area contributed by atoms with Gasteiger partial charge in [0, 0.05) is 14.5 Å². The third-order valence-corrected chi connectivity index (χ3v) is 6.53. The van der Waals surface area contributed by atoms with Crippen molar-refractivity contribution in [1.82, 2.24) is 5.43 Å². The average molecular weight is 737 g/mol. The van der Waals surface area contributed by atoms with Crippen LogP contribution < -0.4 is 20.2 Å². The zero-order chi connectivity index (χ0) is 25.5. The molecule has 0 radical (unpaired) electrons. The van der Waals surface area contributed by atoms with Crippen LogP contribution in [0.4, 0.5) is 10.1 Å². The summed E-state index contributed by atoms with van der Waals surface area (Å²) >= 11 is 13.5. The first kappa shape index (κ1) is 27.3. The third kappa shape index (κ3) is 7.60. The molecule has 3 aromatic rings. The molecule has 0 aliphatic carbocycles. The van der Waals surface area contributed by atoms with E-state index in [0.717, 1.165) is 19.0 Å². The van der Waals surface area contributed by atoms with E-state index in [1.54, 1.807) is 25.3 Å². The fourth-order valence-electron chi connectivity index (χ4n) is 2.79. The molecule has 0 aliphatic heterocycles. The van der Waals surface area contributed by atoms with Crippen molar-refractivity contribution >= 4 is 87.4 Å². The van der Waals surface area contributed by atoms with Crippen LogP contribution in [0.5, 0.6) is 11.5 Å². The van der Waals surface area contributed by atoms with Gasteiger partial charge in [-0.2, -0.15) is 5.10 Å². The van der Waals surface area contributed by atoms with Gasteiger partial charge < -0.3 is 14.8 Å². The van der Waals surface area contributed by atoms with Crippen molar-refractivity contribution in [2.24, 2.45) is 5.10 Å². The lowest BCUT2D eigenvalue weighted by Crippen LogP contribution is -2.32. The Morgan fingerprint density at radius 3 is 2.34 bits per heavy atom. The Balaban J connectivity index is 1.65. The van der Waals surface area contributed by atoms with Gasteiger partial charge in [-0.1, -0.05) is 31.9 Å². The predicted molar refractivity (Wildman–Crippen MR) is 145 cm³/mol. The van der Waals surface area contributed by atoms with Crippen molar-refractivity contribution in [3.05, 3.63) is 83.4 Å². The number of hydrogen-bond donors (Lipinski definition) is 2. The number of nitrogens with one attached hydrogen (secondary N) is 2. The summed E-state index contributed by atoms with van der Waals surface area (Å²) in [6.07, 6.45) is 1.36. The molecule has 0 bridgehead atoms. The number of hydrazone groups is 1. The van der Waals surface area contributed by atoms with Gasteiger partial charge in [-0.3, -0.25) is 9.59 Å². The van der Waals surface area contributed by atoms with E-state index in [9.17, 15) is 14.0 Å². The number of carbonyl (C=O) groups excluding carboxylic acids is 2. The Morgan fingerprint density at radius 1 is 0.971 bits per heavy atom. The predicted octanol–water partition coefficient (Wildman–Crippen LogP) is 6.55. The Labute approximate surface area is 234 Å². The third-order valence-electron chi connectivity index (χ3n) is 4.40. The SMILES string of the molecule is COc1ccc(/C=N/NC(=O)C(=O)Nc2ccc(Br)cc2F)cc1COc1c(Br)cc(Br)cc1Br. The molecule has 0 aliphatic rings. The maximum Gasteiger partial charge on any atom is 0.329 e. The monoisotopic (exact) mass is 733 g/mol. The minimum Gasteiger partial charge on any atom is -0.496 e. The summed E-state index contributed by atoms with van der Waals surface area (Å²) in [6.45, 7) is 0.192. The molecule has 0 spiro atoms. The molecular formula is C23H16Br4FN3O4. The van der Waals surface area contributed by atoms with Crippen LogP contribution in [-0.4, -0.2) is 25.1 Å². The number of carbonyl (C=O) groups is 2. The average Bonchev–Trinajstić information content (AvgIpc) is 2.80. The number of rotatable bonds is 7. The summed E-state index contributed by atoms with van der Waals surface area (Å²) in [4.78, 5) is 24.0. The van der Waals surface area contributed by atoms with Crippen LogP contribution in [0.3, 0.4) is 0 Å². The number of hydrogen-bond acceptors (Lipinski definition) is 5. The van der Waals surface area contributed by atoms with Gasteiger partial charge in [0.2, 0.25) is 0 Å². The molecular weight excluding hydrogens is 721 g/mol. The van der Waals surface area contributed by atoms with E-state index >= 15 is 0 Å². The second kappa shape index (κ2) is 12.6. The summed E-state index contributed by atoms with van der Waals surface area (Å²) < 4.78 is 28.1. The van der Waals surface area contributed by atoms with Crippen LogP contribution in [0.1, 0.15) is 11.1 Å². The molecule has 3 rings (SSSR count). The minimum atomic E-state index is -1.06. The lowest BCUT2D eigenvalue weighted by molar-refractivity contribution is -0.136. The van der Waals surface area contributed by atoms with Crippen LogP contribution in [0.15, 0.2) is 71.5 Å². The van der Waals surface area contributed by atoms with Crippen molar-refractivity contribution < 1.29 is 23.5 Å². The van der Waals surface area contributed by atoms with E-state index in [1.165, 1.54) is 24.4 Å². The second-order valence-electron chi connectivity index (χ2n) is 6.84. The quantitative estimate of drug-likeness (QED) is 0.164. The molecule has 0 aromatic heterocycles. The molecule has 182 valence electrons. The van der Waals surface area contributed by atoms with E-state index in [1.807, 2.05) is 12.1 Å². The van der Waals surface area contributed by atoms with Crippen LogP contribution in [-0.2, 0) is 16.2 Å². The summed E-state index contributed by atoms with van der Waals surface area (Å²) in [5.41, 5.74) is 3.34. The number of nitrogens with zero attached hydrogens (tertiary/aromatic N) is 1. The minimum absolute atomic E-state index is 0.124. The summed E-state index contributed by atoms with van der Waals surface area (Å²) in [5, 5.41) is 6.00. The molecule has 2 amide bonds. The van der Waals surface area contributed by atoms with Gasteiger partial charge in [-0.15, -0.1) is 0 Å². The van der Waals surface area contributed by atoms with Gasteiger partial charge in [0.1, 0.15) is 23.9 Å². The summed E-state index contributed by atoms with van der Waals surface area (Å²) in [6, 6.07) is 13.0. The molecule has 12 heteroatoms. The first-order valence-corrected chi connectivity index (χ1v) is 12.9. The molecule has 35 heavy (non-hydrogen) atoms. The number of halogens is 5. The Bertz CT molecular complexity index is 1280. The number of amides is 2. The van der Waals surface area contributed by atoms with Crippen LogP contribution >= 0.6 is 63.7 Å². The highest BCUT2D eigenvalue weighted by atomic mass is 79.9. The van der Waals surface area contributed by atoms with Crippen LogP contribution in [0, 0.1) is 5.82 Å². The smallest absolute Gasteiger partial charge is 0.329 e. The van der Waals surface area contributed by atoms with E-state index in [0.29, 0.717) is 21.5 Å². The number of benzene rings is 3. The van der Waals surface area contributed by atoms with Crippen molar-refractivity contribution in [2.45, 2.75) is 6.61 Å². The van der Waals surface area contributed by atoms with E-state index in [-0.39, 0.29) is 12.3 Å².